The third-order valence-corrected chi connectivity index (χ3v) is 2.71. The van der Waals surface area contributed by atoms with Crippen LogP contribution in [0, 0.1) is 0 Å². The van der Waals surface area contributed by atoms with Crippen LogP contribution in [0.5, 0.6) is 0 Å². The van der Waals surface area contributed by atoms with E-state index in [2.05, 4.69) is 34.8 Å². The van der Waals surface area contributed by atoms with E-state index < -0.39 is 0 Å². The summed E-state index contributed by atoms with van der Waals surface area (Å²) in [6.45, 7) is 6.89. The van der Waals surface area contributed by atoms with Gasteiger partial charge >= 0.3 is 0 Å². The van der Waals surface area contributed by atoms with Gasteiger partial charge in [-0.25, -0.2) is 0 Å². The maximum atomic E-state index is 5.24. The van der Waals surface area contributed by atoms with Gasteiger partial charge in [0.05, 0.1) is 6.61 Å². The minimum Gasteiger partial charge on any atom is -0.380 e. The lowest BCUT2D eigenvalue weighted by atomic mass is 10.3. The second-order valence-electron chi connectivity index (χ2n) is 2.68. The molecule has 0 aliphatic rings. The molecule has 0 saturated carbocycles. The zero-order valence-corrected chi connectivity index (χ0v) is 9.23. The van der Waals surface area contributed by atoms with Crippen molar-refractivity contribution < 1.29 is 4.74 Å². The van der Waals surface area contributed by atoms with Crippen molar-refractivity contribution in [2.24, 2.45) is 0 Å². The van der Waals surface area contributed by atoms with E-state index in [1.165, 1.54) is 0 Å². The number of hydrogen-bond acceptors (Lipinski definition) is 2. The molecule has 0 aromatic rings. The maximum absolute atomic E-state index is 5.24. The summed E-state index contributed by atoms with van der Waals surface area (Å²) in [5, 5.41) is 1.02. The van der Waals surface area contributed by atoms with Gasteiger partial charge in [0, 0.05) is 24.5 Å². The Labute approximate surface area is 78.0 Å². The molecule has 0 aromatic heterocycles. The number of halogens is 1. The molecule has 0 saturated heterocycles. The number of rotatable bonds is 6. The van der Waals surface area contributed by atoms with Gasteiger partial charge in [-0.15, -0.1) is 0 Å². The first-order chi connectivity index (χ1) is 5.22. The molecule has 3 heteroatoms. The number of nitrogens with zero attached hydrogens (tertiary/aromatic N) is 1. The average Bonchev–Trinajstić information content (AvgIpc) is 2.03. The van der Waals surface area contributed by atoms with Crippen molar-refractivity contribution >= 4 is 15.9 Å². The van der Waals surface area contributed by atoms with Crippen LogP contribution in [0.2, 0.25) is 0 Å². The molecule has 11 heavy (non-hydrogen) atoms. The molecular formula is C8H18BrNO. The van der Waals surface area contributed by atoms with E-state index in [0.29, 0.717) is 6.04 Å². The topological polar surface area (TPSA) is 12.5 Å². The van der Waals surface area contributed by atoms with Crippen LogP contribution >= 0.6 is 15.9 Å². The van der Waals surface area contributed by atoms with Gasteiger partial charge in [-0.1, -0.05) is 15.9 Å². The van der Waals surface area contributed by atoms with Crippen LogP contribution in [0.15, 0.2) is 0 Å². The van der Waals surface area contributed by atoms with Crippen molar-refractivity contribution in [3.63, 3.8) is 0 Å². The molecule has 0 N–H and O–H groups in total. The van der Waals surface area contributed by atoms with Crippen molar-refractivity contribution in [3.8, 4) is 0 Å². The van der Waals surface area contributed by atoms with Crippen molar-refractivity contribution in [2.45, 2.75) is 19.9 Å². The van der Waals surface area contributed by atoms with Crippen LogP contribution in [0.25, 0.3) is 0 Å². The number of alkyl halides is 1. The Kier molecular flexibility index (Phi) is 7.33. The summed E-state index contributed by atoms with van der Waals surface area (Å²) in [5.74, 6) is 0. The average molecular weight is 224 g/mol. The molecule has 0 heterocycles. The number of likely N-dealkylation sites (N-methyl/N-ethyl adjacent to an activating group) is 1. The normalized spacial score (nSPS) is 13.9. The van der Waals surface area contributed by atoms with E-state index in [1.807, 2.05) is 6.92 Å². The molecule has 0 aliphatic heterocycles. The SMILES string of the molecule is CCOCCN(C)C(C)CBr. The van der Waals surface area contributed by atoms with E-state index in [0.717, 1.165) is 25.1 Å². The van der Waals surface area contributed by atoms with Gasteiger partial charge in [0.25, 0.3) is 0 Å². The highest BCUT2D eigenvalue weighted by Crippen LogP contribution is 1.98. The molecule has 0 rings (SSSR count). The molecule has 0 spiro atoms. The van der Waals surface area contributed by atoms with Gasteiger partial charge in [0.1, 0.15) is 0 Å². The van der Waals surface area contributed by atoms with Gasteiger partial charge in [0.2, 0.25) is 0 Å². The van der Waals surface area contributed by atoms with Crippen molar-refractivity contribution in [1.82, 2.24) is 4.90 Å². The highest BCUT2D eigenvalue weighted by atomic mass is 79.9. The summed E-state index contributed by atoms with van der Waals surface area (Å²) in [6.07, 6.45) is 0. The first kappa shape index (κ1) is 11.4. The fraction of sp³-hybridized carbons (Fsp3) is 1.00. The molecule has 0 bridgehead atoms. The fourth-order valence-corrected chi connectivity index (χ4v) is 1.19. The van der Waals surface area contributed by atoms with Crippen molar-refractivity contribution in [1.29, 1.82) is 0 Å². The Hall–Kier alpha value is 0.400. The lowest BCUT2D eigenvalue weighted by Gasteiger charge is -2.22. The Morgan fingerprint density at radius 2 is 2.18 bits per heavy atom. The Balaban J connectivity index is 3.28. The second kappa shape index (κ2) is 7.07. The predicted molar refractivity (Wildman–Crippen MR) is 52.4 cm³/mol. The van der Waals surface area contributed by atoms with Gasteiger partial charge in [-0.3, -0.25) is 0 Å². The predicted octanol–water partition coefficient (Wildman–Crippen LogP) is 1.74. The summed E-state index contributed by atoms with van der Waals surface area (Å²) >= 11 is 3.44. The summed E-state index contributed by atoms with van der Waals surface area (Å²) in [4.78, 5) is 2.28. The molecule has 0 aromatic carbocycles. The van der Waals surface area contributed by atoms with Crippen LogP contribution in [-0.4, -0.2) is 43.1 Å². The Morgan fingerprint density at radius 3 is 2.64 bits per heavy atom. The molecule has 2 nitrogen and oxygen atoms in total. The molecule has 68 valence electrons. The molecule has 1 unspecified atom stereocenters. The largest absolute Gasteiger partial charge is 0.380 e. The van der Waals surface area contributed by atoms with Crippen LogP contribution < -0.4 is 0 Å². The molecule has 0 fully saturated rings. The third kappa shape index (κ3) is 5.65. The van der Waals surface area contributed by atoms with Gasteiger partial charge in [0.15, 0.2) is 0 Å². The molecule has 0 aliphatic carbocycles. The quantitative estimate of drug-likeness (QED) is 0.503. The Bertz CT molecular complexity index is 90.2. The maximum Gasteiger partial charge on any atom is 0.0593 e. The zero-order chi connectivity index (χ0) is 8.69. The van der Waals surface area contributed by atoms with E-state index >= 15 is 0 Å². The summed E-state index contributed by atoms with van der Waals surface area (Å²) in [5.41, 5.74) is 0. The summed E-state index contributed by atoms with van der Waals surface area (Å²) in [7, 11) is 2.12. The van der Waals surface area contributed by atoms with E-state index in [-0.39, 0.29) is 0 Å². The lowest BCUT2D eigenvalue weighted by molar-refractivity contribution is 0.114. The van der Waals surface area contributed by atoms with Gasteiger partial charge in [-0.2, -0.15) is 0 Å². The van der Waals surface area contributed by atoms with E-state index in [9.17, 15) is 0 Å². The van der Waals surface area contributed by atoms with E-state index in [1.54, 1.807) is 0 Å². The highest BCUT2D eigenvalue weighted by Gasteiger charge is 2.05. The van der Waals surface area contributed by atoms with Crippen LogP contribution in [0.1, 0.15) is 13.8 Å². The van der Waals surface area contributed by atoms with Gasteiger partial charge < -0.3 is 9.64 Å². The van der Waals surface area contributed by atoms with E-state index in [4.69, 9.17) is 4.74 Å². The standard InChI is InChI=1S/C8H18BrNO/c1-4-11-6-5-10(3)8(2)7-9/h8H,4-7H2,1-3H3. The number of hydrogen-bond donors (Lipinski definition) is 0. The summed E-state index contributed by atoms with van der Waals surface area (Å²) in [6, 6.07) is 0.593. The fourth-order valence-electron chi connectivity index (χ4n) is 0.691. The van der Waals surface area contributed by atoms with Crippen LogP contribution in [-0.2, 0) is 4.74 Å². The Morgan fingerprint density at radius 1 is 1.55 bits per heavy atom. The molecular weight excluding hydrogens is 206 g/mol. The minimum absolute atomic E-state index is 0.593. The first-order valence-corrected chi connectivity index (χ1v) is 5.18. The van der Waals surface area contributed by atoms with Gasteiger partial charge in [-0.05, 0) is 20.9 Å². The zero-order valence-electron chi connectivity index (χ0n) is 7.64. The third-order valence-electron chi connectivity index (χ3n) is 1.77. The highest BCUT2D eigenvalue weighted by molar-refractivity contribution is 9.09. The number of ether oxygens (including phenoxy) is 1. The smallest absolute Gasteiger partial charge is 0.0593 e. The second-order valence-corrected chi connectivity index (χ2v) is 3.33. The molecule has 0 radical (unpaired) electrons. The lowest BCUT2D eigenvalue weighted by Crippen LogP contribution is -2.33. The first-order valence-electron chi connectivity index (χ1n) is 4.06. The van der Waals surface area contributed by atoms with Crippen molar-refractivity contribution in [3.05, 3.63) is 0 Å². The summed E-state index contributed by atoms with van der Waals surface area (Å²) < 4.78 is 5.24. The monoisotopic (exact) mass is 223 g/mol. The molecule has 0 amide bonds. The molecule has 1 atom stereocenters. The van der Waals surface area contributed by atoms with Crippen molar-refractivity contribution in [2.75, 3.05) is 32.1 Å². The minimum atomic E-state index is 0.593. The van der Waals surface area contributed by atoms with Crippen LogP contribution in [0.4, 0.5) is 0 Å². The van der Waals surface area contributed by atoms with Crippen LogP contribution in [0.3, 0.4) is 0 Å².